The van der Waals surface area contributed by atoms with Crippen molar-refractivity contribution in [2.45, 2.75) is 12.1 Å². The van der Waals surface area contributed by atoms with Crippen LogP contribution >= 0.6 is 0 Å². The summed E-state index contributed by atoms with van der Waals surface area (Å²) in [6, 6.07) is 6.21. The molecule has 1 aromatic heterocycles. The number of likely N-dealkylation sites (N-methyl/N-ethyl adjacent to an activating group) is 1. The molecule has 0 radical (unpaired) electrons. The molecule has 1 N–H and O–H groups in total. The van der Waals surface area contributed by atoms with E-state index in [4.69, 9.17) is 9.68 Å². The van der Waals surface area contributed by atoms with E-state index in [2.05, 4.69) is 16.3 Å². The van der Waals surface area contributed by atoms with Crippen molar-refractivity contribution in [2.24, 2.45) is 0 Å². The Morgan fingerprint density at radius 2 is 2.50 bits per heavy atom. The molecule has 0 spiro atoms. The Bertz CT molecular complexity index is 322. The second-order valence-corrected chi connectivity index (χ2v) is 3.49. The molecular weight excluding hydrogens is 178 g/mol. The average molecular weight is 191 g/mol. The predicted molar refractivity (Wildman–Crippen MR) is 51.5 cm³/mol. The molecule has 1 aliphatic heterocycles. The highest BCUT2D eigenvalue weighted by atomic mass is 16.3. The van der Waals surface area contributed by atoms with Crippen LogP contribution in [0.1, 0.15) is 11.8 Å². The Morgan fingerprint density at radius 1 is 1.71 bits per heavy atom. The quantitative estimate of drug-likeness (QED) is 0.766. The van der Waals surface area contributed by atoms with Gasteiger partial charge in [-0.05, 0) is 19.2 Å². The summed E-state index contributed by atoms with van der Waals surface area (Å²) in [6.45, 7) is 1.82. The second-order valence-electron chi connectivity index (χ2n) is 3.49. The molecule has 0 aromatic carbocycles. The van der Waals surface area contributed by atoms with E-state index in [1.165, 1.54) is 0 Å². The van der Waals surface area contributed by atoms with Gasteiger partial charge in [0.25, 0.3) is 0 Å². The summed E-state index contributed by atoms with van der Waals surface area (Å²) in [5.74, 6) is 0.738. The lowest BCUT2D eigenvalue weighted by Crippen LogP contribution is -2.57. The van der Waals surface area contributed by atoms with Gasteiger partial charge in [0.1, 0.15) is 5.76 Å². The van der Waals surface area contributed by atoms with E-state index < -0.39 is 0 Å². The van der Waals surface area contributed by atoms with Gasteiger partial charge in [0.05, 0.1) is 12.3 Å². The van der Waals surface area contributed by atoms with Crippen LogP contribution in [0.5, 0.6) is 0 Å². The van der Waals surface area contributed by atoms with Crippen LogP contribution in [-0.2, 0) is 0 Å². The number of nitrogens with zero attached hydrogens (tertiary/aromatic N) is 2. The minimum Gasteiger partial charge on any atom is -0.467 e. The Kier molecular flexibility index (Phi) is 2.53. The van der Waals surface area contributed by atoms with Crippen LogP contribution in [-0.4, -0.2) is 31.1 Å². The molecule has 4 heteroatoms. The minimum absolute atomic E-state index is 0.227. The third-order valence-electron chi connectivity index (χ3n) is 2.62. The molecule has 1 fully saturated rings. The van der Waals surface area contributed by atoms with Crippen molar-refractivity contribution in [3.05, 3.63) is 24.2 Å². The summed E-state index contributed by atoms with van der Waals surface area (Å²) in [4.78, 5) is 2.10. The highest BCUT2D eigenvalue weighted by molar-refractivity contribution is 5.14. The molecule has 0 saturated carbocycles. The second kappa shape index (κ2) is 3.82. The minimum atomic E-state index is -0.227. The third-order valence-corrected chi connectivity index (χ3v) is 2.62. The van der Waals surface area contributed by atoms with Crippen molar-refractivity contribution in [2.75, 3.05) is 20.1 Å². The normalized spacial score (nSPS) is 20.0. The molecule has 1 aromatic rings. The van der Waals surface area contributed by atoms with Crippen molar-refractivity contribution < 1.29 is 4.42 Å². The van der Waals surface area contributed by atoms with Gasteiger partial charge in [0, 0.05) is 19.1 Å². The van der Waals surface area contributed by atoms with E-state index in [9.17, 15) is 0 Å². The summed E-state index contributed by atoms with van der Waals surface area (Å²) >= 11 is 0. The molecule has 74 valence electrons. The lowest BCUT2D eigenvalue weighted by Gasteiger charge is -2.40. The number of nitriles is 1. The maximum Gasteiger partial charge on any atom is 0.156 e. The topological polar surface area (TPSA) is 52.2 Å². The monoisotopic (exact) mass is 191 g/mol. The van der Waals surface area contributed by atoms with Crippen molar-refractivity contribution in [1.29, 1.82) is 5.26 Å². The largest absolute Gasteiger partial charge is 0.467 e. The molecular formula is C10H13N3O. The molecule has 0 amide bonds. The Hall–Kier alpha value is -1.31. The molecule has 4 nitrogen and oxygen atoms in total. The lowest BCUT2D eigenvalue weighted by molar-refractivity contribution is 0.0940. The first-order valence-corrected chi connectivity index (χ1v) is 4.69. The van der Waals surface area contributed by atoms with Gasteiger partial charge in [-0.25, -0.2) is 0 Å². The number of furan rings is 1. The van der Waals surface area contributed by atoms with E-state index in [0.29, 0.717) is 6.04 Å². The van der Waals surface area contributed by atoms with E-state index in [1.807, 2.05) is 19.2 Å². The van der Waals surface area contributed by atoms with Crippen LogP contribution in [0, 0.1) is 11.3 Å². The first-order chi connectivity index (χ1) is 6.85. The van der Waals surface area contributed by atoms with Gasteiger partial charge in [-0.2, -0.15) is 5.26 Å². The van der Waals surface area contributed by atoms with Gasteiger partial charge < -0.3 is 9.73 Å². The summed E-state index contributed by atoms with van der Waals surface area (Å²) in [7, 11) is 1.94. The Balaban J connectivity index is 2.00. The number of hydrogen-bond donors (Lipinski definition) is 1. The van der Waals surface area contributed by atoms with Crippen molar-refractivity contribution >= 4 is 0 Å². The lowest BCUT2D eigenvalue weighted by atomic mass is 10.0. The van der Waals surface area contributed by atoms with Crippen molar-refractivity contribution in [3.63, 3.8) is 0 Å². The zero-order chi connectivity index (χ0) is 9.97. The number of hydrogen-bond acceptors (Lipinski definition) is 4. The van der Waals surface area contributed by atoms with Gasteiger partial charge >= 0.3 is 0 Å². The van der Waals surface area contributed by atoms with Crippen LogP contribution in [0.3, 0.4) is 0 Å². The number of rotatable bonds is 3. The molecule has 1 saturated heterocycles. The van der Waals surface area contributed by atoms with Gasteiger partial charge in [0.15, 0.2) is 6.04 Å². The molecule has 1 aliphatic rings. The Morgan fingerprint density at radius 3 is 3.00 bits per heavy atom. The molecule has 2 heterocycles. The van der Waals surface area contributed by atoms with Crippen LogP contribution in [0.25, 0.3) is 0 Å². The molecule has 1 atom stereocenters. The van der Waals surface area contributed by atoms with Crippen molar-refractivity contribution in [3.8, 4) is 6.07 Å². The van der Waals surface area contributed by atoms with E-state index in [1.54, 1.807) is 6.26 Å². The fourth-order valence-electron chi connectivity index (χ4n) is 1.68. The molecule has 14 heavy (non-hydrogen) atoms. The number of likely N-dealkylation sites (tertiary alicyclic amines) is 1. The average Bonchev–Trinajstić information content (AvgIpc) is 2.62. The highest BCUT2D eigenvalue weighted by Gasteiger charge is 2.33. The first-order valence-electron chi connectivity index (χ1n) is 4.69. The van der Waals surface area contributed by atoms with Gasteiger partial charge in [-0.1, -0.05) is 0 Å². The maximum atomic E-state index is 9.02. The number of nitrogens with one attached hydrogen (secondary N) is 1. The summed E-state index contributed by atoms with van der Waals surface area (Å²) in [5.41, 5.74) is 0. The maximum absolute atomic E-state index is 9.02. The van der Waals surface area contributed by atoms with Gasteiger partial charge in [-0.3, -0.25) is 4.90 Å². The first kappa shape index (κ1) is 9.25. The smallest absolute Gasteiger partial charge is 0.156 e. The standard InChI is InChI=1S/C10H13N3O/c1-12-8-6-13(7-8)9(5-11)10-3-2-4-14-10/h2-4,8-9,12H,6-7H2,1H3/t9-/m0/s1. The zero-order valence-corrected chi connectivity index (χ0v) is 8.10. The third kappa shape index (κ3) is 1.52. The molecule has 2 rings (SSSR count). The Labute approximate surface area is 83.1 Å². The van der Waals surface area contributed by atoms with Crippen molar-refractivity contribution in [1.82, 2.24) is 10.2 Å². The van der Waals surface area contributed by atoms with Crippen LogP contribution in [0.15, 0.2) is 22.8 Å². The van der Waals surface area contributed by atoms with Crippen LogP contribution < -0.4 is 5.32 Å². The van der Waals surface area contributed by atoms with Gasteiger partial charge in [0.2, 0.25) is 0 Å². The molecule has 0 unspecified atom stereocenters. The zero-order valence-electron chi connectivity index (χ0n) is 8.10. The fourth-order valence-corrected chi connectivity index (χ4v) is 1.68. The fraction of sp³-hybridized carbons (Fsp3) is 0.500. The van der Waals surface area contributed by atoms with Crippen LogP contribution in [0.4, 0.5) is 0 Å². The van der Waals surface area contributed by atoms with Crippen LogP contribution in [0.2, 0.25) is 0 Å². The van der Waals surface area contributed by atoms with E-state index >= 15 is 0 Å². The summed E-state index contributed by atoms with van der Waals surface area (Å²) in [6.07, 6.45) is 1.61. The van der Waals surface area contributed by atoms with Gasteiger partial charge in [-0.15, -0.1) is 0 Å². The molecule has 0 bridgehead atoms. The SMILES string of the molecule is CNC1CN([C@@H](C#N)c2ccco2)C1. The highest BCUT2D eigenvalue weighted by Crippen LogP contribution is 2.25. The van der Waals surface area contributed by atoms with E-state index in [0.717, 1.165) is 18.8 Å². The van der Waals surface area contributed by atoms with E-state index in [-0.39, 0.29) is 6.04 Å². The molecule has 0 aliphatic carbocycles. The summed E-state index contributed by atoms with van der Waals surface area (Å²) in [5, 5.41) is 12.2. The predicted octanol–water partition coefficient (Wildman–Crippen LogP) is 0.748. The summed E-state index contributed by atoms with van der Waals surface area (Å²) < 4.78 is 5.23.